The normalized spacial score (nSPS) is 11.2. The highest BCUT2D eigenvalue weighted by Crippen LogP contribution is 2.08. The van der Waals surface area contributed by atoms with Crippen molar-refractivity contribution >= 4 is 6.09 Å². The summed E-state index contributed by atoms with van der Waals surface area (Å²) in [7, 11) is 0. The van der Waals surface area contributed by atoms with Gasteiger partial charge in [0.15, 0.2) is 0 Å². The smallest absolute Gasteiger partial charge is 0.407 e. The Labute approximate surface area is 124 Å². The van der Waals surface area contributed by atoms with Crippen molar-refractivity contribution in [2.45, 2.75) is 39.5 Å². The Kier molecular flexibility index (Phi) is 4.57. The molecule has 2 rings (SSSR count). The third kappa shape index (κ3) is 4.91. The first-order valence-electron chi connectivity index (χ1n) is 6.79. The molecule has 0 atom stereocenters. The molecule has 2 aromatic rings. The monoisotopic (exact) mass is 288 g/mol. The molecular weight excluding hydrogens is 268 g/mol. The van der Waals surface area contributed by atoms with Gasteiger partial charge in [0, 0.05) is 25.1 Å². The van der Waals surface area contributed by atoms with Crippen molar-refractivity contribution in [1.29, 1.82) is 0 Å². The van der Waals surface area contributed by atoms with Crippen LogP contribution in [0.5, 0.6) is 0 Å². The Bertz CT molecular complexity index is 587. The summed E-state index contributed by atoms with van der Waals surface area (Å²) in [5.41, 5.74) is 1.54. The van der Waals surface area contributed by atoms with E-state index in [0.717, 1.165) is 11.3 Å². The van der Waals surface area contributed by atoms with E-state index in [4.69, 9.17) is 4.74 Å². The maximum atomic E-state index is 11.7. The second-order valence-corrected chi connectivity index (χ2v) is 5.72. The number of carbonyl (C=O) groups excluding carboxylic acids is 1. The highest BCUT2D eigenvalue weighted by molar-refractivity contribution is 5.67. The van der Waals surface area contributed by atoms with Crippen LogP contribution in [0.15, 0.2) is 37.1 Å². The molecule has 0 saturated heterocycles. The summed E-state index contributed by atoms with van der Waals surface area (Å²) < 4.78 is 7.19. The number of alkyl carbamates (subject to hydrolysis) is 1. The maximum Gasteiger partial charge on any atom is 0.407 e. The van der Waals surface area contributed by atoms with Crippen LogP contribution in [0.2, 0.25) is 0 Å². The van der Waals surface area contributed by atoms with E-state index in [1.165, 1.54) is 0 Å². The SMILES string of the molecule is CC(C)(C)OC(=O)NCc1cncn1Cc1ccncc1. The number of nitrogens with one attached hydrogen (secondary N) is 1. The van der Waals surface area contributed by atoms with Gasteiger partial charge in [0.25, 0.3) is 0 Å². The quantitative estimate of drug-likeness (QED) is 0.937. The minimum absolute atomic E-state index is 0.375. The maximum absolute atomic E-state index is 11.7. The number of hydrogen-bond donors (Lipinski definition) is 1. The number of amides is 1. The number of ether oxygens (including phenoxy) is 1. The summed E-state index contributed by atoms with van der Waals surface area (Å²) in [6.45, 7) is 6.56. The summed E-state index contributed by atoms with van der Waals surface area (Å²) >= 11 is 0. The zero-order valence-electron chi connectivity index (χ0n) is 12.5. The number of rotatable bonds is 4. The number of carbonyl (C=O) groups is 1. The van der Waals surface area contributed by atoms with Crippen LogP contribution < -0.4 is 5.32 Å². The van der Waals surface area contributed by atoms with Crippen LogP contribution in [-0.2, 0) is 17.8 Å². The third-order valence-electron chi connectivity index (χ3n) is 2.71. The summed E-state index contributed by atoms with van der Waals surface area (Å²) in [6, 6.07) is 3.90. The topological polar surface area (TPSA) is 69.0 Å². The van der Waals surface area contributed by atoms with Gasteiger partial charge in [-0.1, -0.05) is 0 Å². The van der Waals surface area contributed by atoms with Crippen molar-refractivity contribution in [2.24, 2.45) is 0 Å². The Morgan fingerprint density at radius 2 is 2.00 bits per heavy atom. The van der Waals surface area contributed by atoms with E-state index in [0.29, 0.717) is 13.1 Å². The van der Waals surface area contributed by atoms with Crippen LogP contribution in [0.3, 0.4) is 0 Å². The molecule has 112 valence electrons. The van der Waals surface area contributed by atoms with E-state index >= 15 is 0 Å². The Balaban J connectivity index is 1.93. The van der Waals surface area contributed by atoms with Gasteiger partial charge >= 0.3 is 6.09 Å². The number of aromatic nitrogens is 3. The van der Waals surface area contributed by atoms with Gasteiger partial charge in [-0.3, -0.25) is 4.98 Å². The van der Waals surface area contributed by atoms with Crippen molar-refractivity contribution in [3.63, 3.8) is 0 Å². The van der Waals surface area contributed by atoms with E-state index < -0.39 is 11.7 Å². The predicted octanol–water partition coefficient (Wildman–Crippen LogP) is 2.35. The second-order valence-electron chi connectivity index (χ2n) is 5.72. The molecule has 0 unspecified atom stereocenters. The van der Waals surface area contributed by atoms with E-state index in [2.05, 4.69) is 15.3 Å². The van der Waals surface area contributed by atoms with Crippen molar-refractivity contribution in [1.82, 2.24) is 19.9 Å². The number of pyridine rings is 1. The molecule has 0 spiro atoms. The number of imidazole rings is 1. The molecule has 1 N–H and O–H groups in total. The van der Waals surface area contributed by atoms with Gasteiger partial charge in [0.05, 0.1) is 18.6 Å². The molecule has 6 heteroatoms. The second kappa shape index (κ2) is 6.39. The van der Waals surface area contributed by atoms with Crippen LogP contribution >= 0.6 is 0 Å². The lowest BCUT2D eigenvalue weighted by Crippen LogP contribution is -2.32. The van der Waals surface area contributed by atoms with Gasteiger partial charge in [-0.15, -0.1) is 0 Å². The highest BCUT2D eigenvalue weighted by Gasteiger charge is 2.16. The molecule has 1 amide bonds. The van der Waals surface area contributed by atoms with Gasteiger partial charge in [-0.25, -0.2) is 9.78 Å². The third-order valence-corrected chi connectivity index (χ3v) is 2.71. The van der Waals surface area contributed by atoms with Crippen LogP contribution in [0.25, 0.3) is 0 Å². The molecule has 0 bridgehead atoms. The molecule has 0 radical (unpaired) electrons. The fourth-order valence-electron chi connectivity index (χ4n) is 1.80. The summed E-state index contributed by atoms with van der Waals surface area (Å²) in [6.07, 6.45) is 6.56. The average Bonchev–Trinajstić information content (AvgIpc) is 2.83. The van der Waals surface area contributed by atoms with Gasteiger partial charge in [-0.05, 0) is 38.5 Å². The fraction of sp³-hybridized carbons (Fsp3) is 0.400. The minimum Gasteiger partial charge on any atom is -0.444 e. The molecule has 0 aromatic carbocycles. The number of nitrogens with zero attached hydrogens (tertiary/aromatic N) is 3. The average molecular weight is 288 g/mol. The molecule has 0 aliphatic carbocycles. The molecule has 2 aromatic heterocycles. The fourth-order valence-corrected chi connectivity index (χ4v) is 1.80. The van der Waals surface area contributed by atoms with Gasteiger partial charge < -0.3 is 14.6 Å². The van der Waals surface area contributed by atoms with Crippen LogP contribution in [0.1, 0.15) is 32.0 Å². The molecule has 6 nitrogen and oxygen atoms in total. The molecular formula is C15H20N4O2. The van der Waals surface area contributed by atoms with E-state index in [-0.39, 0.29) is 0 Å². The highest BCUT2D eigenvalue weighted by atomic mass is 16.6. The van der Waals surface area contributed by atoms with Crippen molar-refractivity contribution < 1.29 is 9.53 Å². The van der Waals surface area contributed by atoms with E-state index in [9.17, 15) is 4.79 Å². The number of hydrogen-bond acceptors (Lipinski definition) is 4. The van der Waals surface area contributed by atoms with Crippen molar-refractivity contribution in [2.75, 3.05) is 0 Å². The molecule has 0 aliphatic heterocycles. The first-order chi connectivity index (χ1) is 9.94. The molecule has 0 saturated carbocycles. The van der Waals surface area contributed by atoms with Gasteiger partial charge in [-0.2, -0.15) is 0 Å². The summed E-state index contributed by atoms with van der Waals surface area (Å²) in [5, 5.41) is 2.73. The largest absolute Gasteiger partial charge is 0.444 e. The lowest BCUT2D eigenvalue weighted by Gasteiger charge is -2.19. The summed E-state index contributed by atoms with van der Waals surface area (Å²) in [4.78, 5) is 19.8. The Morgan fingerprint density at radius 3 is 2.67 bits per heavy atom. The predicted molar refractivity (Wildman–Crippen MR) is 78.6 cm³/mol. The van der Waals surface area contributed by atoms with Crippen LogP contribution in [0, 0.1) is 0 Å². The minimum atomic E-state index is -0.499. The van der Waals surface area contributed by atoms with Crippen LogP contribution in [0.4, 0.5) is 4.79 Å². The zero-order valence-corrected chi connectivity index (χ0v) is 12.5. The first kappa shape index (κ1) is 15.0. The molecule has 0 fully saturated rings. The molecule has 0 aliphatic rings. The lowest BCUT2D eigenvalue weighted by atomic mass is 10.2. The lowest BCUT2D eigenvalue weighted by molar-refractivity contribution is 0.0522. The van der Waals surface area contributed by atoms with E-state index in [1.807, 2.05) is 37.5 Å². The first-order valence-corrected chi connectivity index (χ1v) is 6.79. The van der Waals surface area contributed by atoms with Crippen LogP contribution in [-0.4, -0.2) is 26.2 Å². The zero-order chi connectivity index (χ0) is 15.3. The molecule has 21 heavy (non-hydrogen) atoms. The Hall–Kier alpha value is -2.37. The van der Waals surface area contributed by atoms with Crippen molar-refractivity contribution in [3.8, 4) is 0 Å². The van der Waals surface area contributed by atoms with E-state index in [1.54, 1.807) is 24.9 Å². The standard InChI is InChI=1S/C15H20N4O2/c1-15(2,3)21-14(20)18-9-13-8-17-11-19(13)10-12-4-6-16-7-5-12/h4-8,11H,9-10H2,1-3H3,(H,18,20). The van der Waals surface area contributed by atoms with Gasteiger partial charge in [0.2, 0.25) is 0 Å². The van der Waals surface area contributed by atoms with Gasteiger partial charge in [0.1, 0.15) is 5.60 Å². The van der Waals surface area contributed by atoms with Crippen molar-refractivity contribution in [3.05, 3.63) is 48.3 Å². The summed E-state index contributed by atoms with van der Waals surface area (Å²) in [5.74, 6) is 0. The molecule has 2 heterocycles. The Morgan fingerprint density at radius 1 is 1.29 bits per heavy atom.